The number of piperidine rings is 1. The second-order valence-electron chi connectivity index (χ2n) is 9.27. The highest BCUT2D eigenvalue weighted by Crippen LogP contribution is 2.36. The summed E-state index contributed by atoms with van der Waals surface area (Å²) in [5, 5.41) is 3.01. The number of amides is 4. The molecule has 1 atom stereocenters. The van der Waals surface area contributed by atoms with Gasteiger partial charge in [-0.1, -0.05) is 37.3 Å². The van der Waals surface area contributed by atoms with Crippen LogP contribution >= 0.6 is 11.3 Å². The third-order valence-electron chi connectivity index (χ3n) is 7.37. The van der Waals surface area contributed by atoms with Gasteiger partial charge in [0.1, 0.15) is 5.54 Å². The van der Waals surface area contributed by atoms with Gasteiger partial charge < -0.3 is 10.2 Å². The van der Waals surface area contributed by atoms with Gasteiger partial charge in [0.15, 0.2) is 5.78 Å². The van der Waals surface area contributed by atoms with E-state index in [0.29, 0.717) is 50.9 Å². The molecule has 2 fully saturated rings. The number of hydrogen-bond acceptors (Lipinski definition) is 6. The summed E-state index contributed by atoms with van der Waals surface area (Å²) in [7, 11) is 0. The number of aromatic nitrogens is 1. The lowest BCUT2D eigenvalue weighted by molar-refractivity contribution is -0.136. The molecule has 1 aromatic heterocycles. The van der Waals surface area contributed by atoms with Crippen molar-refractivity contribution in [3.63, 3.8) is 0 Å². The molecule has 2 aliphatic rings. The summed E-state index contributed by atoms with van der Waals surface area (Å²) in [6.45, 7) is 5.24. The average Bonchev–Trinajstić information content (AvgIpc) is 3.41. The van der Waals surface area contributed by atoms with Crippen LogP contribution in [-0.4, -0.2) is 63.6 Å². The molecule has 0 saturated carbocycles. The predicted molar refractivity (Wildman–Crippen MR) is 133 cm³/mol. The number of aryl methyl sites for hydroxylation is 1. The Bertz CT molecular complexity index is 1090. The van der Waals surface area contributed by atoms with E-state index in [0.717, 1.165) is 10.6 Å². The number of urea groups is 1. The molecular formula is C26H32N4O4S. The smallest absolute Gasteiger partial charge is 0.325 e. The van der Waals surface area contributed by atoms with Crippen molar-refractivity contribution in [1.82, 2.24) is 20.1 Å². The van der Waals surface area contributed by atoms with Gasteiger partial charge in [-0.3, -0.25) is 19.3 Å². The molecule has 4 rings (SSSR count). The number of likely N-dealkylation sites (tertiary alicyclic amines) is 1. The van der Waals surface area contributed by atoms with Crippen molar-refractivity contribution in [2.45, 2.75) is 57.9 Å². The van der Waals surface area contributed by atoms with E-state index in [2.05, 4.69) is 10.3 Å². The molecule has 0 aliphatic carbocycles. The van der Waals surface area contributed by atoms with Gasteiger partial charge in [-0.05, 0) is 32.1 Å². The molecule has 0 radical (unpaired) electrons. The third-order valence-corrected chi connectivity index (χ3v) is 8.37. The largest absolute Gasteiger partial charge is 0.343 e. The highest BCUT2D eigenvalue weighted by atomic mass is 32.1. The van der Waals surface area contributed by atoms with Crippen molar-refractivity contribution in [3.05, 3.63) is 52.0 Å². The summed E-state index contributed by atoms with van der Waals surface area (Å²) < 4.78 is 0. The summed E-state index contributed by atoms with van der Waals surface area (Å²) in [6, 6.07) is 8.67. The fourth-order valence-electron chi connectivity index (χ4n) is 5.20. The zero-order valence-electron chi connectivity index (χ0n) is 20.3. The van der Waals surface area contributed by atoms with Crippen LogP contribution in [0.3, 0.4) is 0 Å². The number of rotatable bonds is 9. The van der Waals surface area contributed by atoms with Crippen molar-refractivity contribution in [2.24, 2.45) is 5.92 Å². The molecule has 186 valence electrons. The van der Waals surface area contributed by atoms with Gasteiger partial charge in [0.05, 0.1) is 11.2 Å². The maximum atomic E-state index is 13.5. The van der Waals surface area contributed by atoms with Crippen LogP contribution < -0.4 is 5.32 Å². The quantitative estimate of drug-likeness (QED) is 0.422. The number of benzene rings is 1. The lowest BCUT2D eigenvalue weighted by Crippen LogP contribution is -2.56. The third kappa shape index (κ3) is 5.15. The monoisotopic (exact) mass is 496 g/mol. The predicted octanol–water partition coefficient (Wildman–Crippen LogP) is 3.60. The number of nitrogens with one attached hydrogen (secondary N) is 1. The minimum Gasteiger partial charge on any atom is -0.343 e. The molecule has 0 bridgehead atoms. The minimum absolute atomic E-state index is 0.0332. The van der Waals surface area contributed by atoms with Crippen LogP contribution in [-0.2, 0) is 16.0 Å². The molecule has 2 aromatic rings. The van der Waals surface area contributed by atoms with Crippen molar-refractivity contribution in [2.75, 3.05) is 19.6 Å². The lowest BCUT2D eigenvalue weighted by Gasteiger charge is -2.40. The van der Waals surface area contributed by atoms with E-state index in [4.69, 9.17) is 0 Å². The van der Waals surface area contributed by atoms with E-state index in [9.17, 15) is 19.2 Å². The fourth-order valence-corrected chi connectivity index (χ4v) is 5.97. The molecule has 2 aliphatic heterocycles. The van der Waals surface area contributed by atoms with E-state index in [1.54, 1.807) is 22.5 Å². The first-order valence-corrected chi connectivity index (χ1v) is 13.1. The van der Waals surface area contributed by atoms with E-state index >= 15 is 0 Å². The molecule has 35 heavy (non-hydrogen) atoms. The molecule has 1 aromatic carbocycles. The molecule has 0 spiro atoms. The Kier molecular flexibility index (Phi) is 7.64. The van der Waals surface area contributed by atoms with Gasteiger partial charge in [-0.15, -0.1) is 11.3 Å². The number of carbonyl (C=O) groups excluding carboxylic acids is 4. The Balaban J connectivity index is 1.32. The van der Waals surface area contributed by atoms with Crippen LogP contribution in [0.1, 0.15) is 60.0 Å². The van der Waals surface area contributed by atoms with Gasteiger partial charge in [0.25, 0.3) is 5.91 Å². The SMILES string of the molecule is CC[C@@]1(C2CCN(C(=O)CCC(=O)c3ccccc3)CC2)NC(=O)N(CCc2scnc2C)C1=O. The second kappa shape index (κ2) is 10.7. The highest BCUT2D eigenvalue weighted by molar-refractivity contribution is 7.09. The van der Waals surface area contributed by atoms with Crippen molar-refractivity contribution < 1.29 is 19.2 Å². The highest BCUT2D eigenvalue weighted by Gasteiger charge is 2.54. The first-order valence-electron chi connectivity index (χ1n) is 12.2. The minimum atomic E-state index is -0.918. The van der Waals surface area contributed by atoms with Crippen LogP contribution in [0.4, 0.5) is 4.79 Å². The van der Waals surface area contributed by atoms with Gasteiger partial charge in [0.2, 0.25) is 5.91 Å². The van der Waals surface area contributed by atoms with E-state index < -0.39 is 5.54 Å². The number of hydrogen-bond donors (Lipinski definition) is 1. The van der Waals surface area contributed by atoms with Crippen LogP contribution in [0.15, 0.2) is 35.8 Å². The first-order chi connectivity index (χ1) is 16.9. The molecule has 3 heterocycles. The average molecular weight is 497 g/mol. The molecule has 8 nitrogen and oxygen atoms in total. The normalized spacial score (nSPS) is 20.9. The van der Waals surface area contributed by atoms with Crippen LogP contribution in [0.2, 0.25) is 0 Å². The Hall–Kier alpha value is -3.07. The maximum Gasteiger partial charge on any atom is 0.325 e. The fraction of sp³-hybridized carbons (Fsp3) is 0.500. The standard InChI is InChI=1S/C26H32N4O4S/c1-3-26(24(33)30(25(34)28-26)16-13-22-18(2)27-17-35-22)20-11-14-29(15-12-20)23(32)10-9-21(31)19-7-5-4-6-8-19/h4-8,17,20H,3,9-16H2,1-2H3,(H,28,34)/t26-/m0/s1. The van der Waals surface area contributed by atoms with Gasteiger partial charge in [-0.25, -0.2) is 9.78 Å². The van der Waals surface area contributed by atoms with E-state index in [-0.39, 0.29) is 42.4 Å². The summed E-state index contributed by atoms with van der Waals surface area (Å²) in [6.07, 6.45) is 2.75. The van der Waals surface area contributed by atoms with Crippen LogP contribution in [0.5, 0.6) is 0 Å². The lowest BCUT2D eigenvalue weighted by atomic mass is 9.75. The van der Waals surface area contributed by atoms with Crippen molar-refractivity contribution in [3.8, 4) is 0 Å². The number of thiazole rings is 1. The molecule has 1 N–H and O–H groups in total. The topological polar surface area (TPSA) is 99.7 Å². The molecule has 4 amide bonds. The number of imide groups is 1. The van der Waals surface area contributed by atoms with Crippen molar-refractivity contribution in [1.29, 1.82) is 0 Å². The van der Waals surface area contributed by atoms with Crippen molar-refractivity contribution >= 4 is 35.0 Å². The number of nitrogens with zero attached hydrogens (tertiary/aromatic N) is 3. The van der Waals surface area contributed by atoms with E-state index in [1.165, 1.54) is 16.2 Å². The molecule has 9 heteroatoms. The van der Waals surface area contributed by atoms with Crippen LogP contribution in [0, 0.1) is 12.8 Å². The van der Waals surface area contributed by atoms with Gasteiger partial charge in [0, 0.05) is 49.3 Å². The summed E-state index contributed by atoms with van der Waals surface area (Å²) >= 11 is 1.54. The Morgan fingerprint density at radius 3 is 2.49 bits per heavy atom. The number of Topliss-reactive ketones (excluding diaryl/α,β-unsaturated/α-hetero) is 1. The second-order valence-corrected chi connectivity index (χ2v) is 10.2. The Morgan fingerprint density at radius 1 is 1.14 bits per heavy atom. The van der Waals surface area contributed by atoms with Gasteiger partial charge >= 0.3 is 6.03 Å². The number of ketones is 1. The van der Waals surface area contributed by atoms with Gasteiger partial charge in [-0.2, -0.15) is 0 Å². The van der Waals surface area contributed by atoms with E-state index in [1.807, 2.05) is 32.0 Å². The summed E-state index contributed by atoms with van der Waals surface area (Å²) in [5.74, 6) is -0.271. The first kappa shape index (κ1) is 25.0. The Morgan fingerprint density at radius 2 is 1.86 bits per heavy atom. The Labute approximate surface area is 209 Å². The molecule has 0 unspecified atom stereocenters. The summed E-state index contributed by atoms with van der Waals surface area (Å²) in [5.41, 5.74) is 2.42. The summed E-state index contributed by atoms with van der Waals surface area (Å²) in [4.78, 5) is 59.7. The molecule has 2 saturated heterocycles. The van der Waals surface area contributed by atoms with Crippen LogP contribution in [0.25, 0.3) is 0 Å². The zero-order valence-corrected chi connectivity index (χ0v) is 21.1. The maximum absolute atomic E-state index is 13.5. The zero-order chi connectivity index (χ0) is 25.0. The number of carbonyl (C=O) groups is 4. The molecular weight excluding hydrogens is 464 g/mol.